The minimum absolute atomic E-state index is 0.207. The molecule has 0 saturated heterocycles. The van der Waals surface area contributed by atoms with Crippen molar-refractivity contribution < 1.29 is 4.79 Å². The lowest BCUT2D eigenvalue weighted by Crippen LogP contribution is -2.15. The molecule has 7 heteroatoms. The number of hydrogen-bond acceptors (Lipinski definition) is 5. The van der Waals surface area contributed by atoms with Gasteiger partial charge in [-0.2, -0.15) is 5.26 Å². The van der Waals surface area contributed by atoms with Crippen LogP contribution in [0.4, 0.5) is 17.2 Å². The third-order valence-corrected chi connectivity index (χ3v) is 3.85. The Hall–Kier alpha value is -3.43. The Kier molecular flexibility index (Phi) is 5.11. The number of nitriles is 1. The average Bonchev–Trinajstić information content (AvgIpc) is 2.65. The van der Waals surface area contributed by atoms with Crippen molar-refractivity contribution in [1.29, 1.82) is 5.26 Å². The highest BCUT2D eigenvalue weighted by atomic mass is 35.5. The van der Waals surface area contributed by atoms with Crippen LogP contribution in [0.3, 0.4) is 0 Å². The molecule has 0 unspecified atom stereocenters. The van der Waals surface area contributed by atoms with E-state index < -0.39 is 0 Å². The first-order valence-electron chi connectivity index (χ1n) is 7.72. The fourth-order valence-corrected chi connectivity index (χ4v) is 2.45. The summed E-state index contributed by atoms with van der Waals surface area (Å²) in [5, 5.41) is 15.3. The number of carbonyl (C=O) groups is 1. The molecule has 6 nitrogen and oxygen atoms in total. The number of nitrogens with zero attached hydrogens (tertiary/aromatic N) is 3. The molecule has 0 aliphatic heterocycles. The van der Waals surface area contributed by atoms with Crippen molar-refractivity contribution in [2.75, 3.05) is 10.6 Å². The zero-order valence-electron chi connectivity index (χ0n) is 13.8. The van der Waals surface area contributed by atoms with E-state index in [1.54, 1.807) is 36.4 Å². The highest BCUT2D eigenvalue weighted by Crippen LogP contribution is 2.21. The van der Waals surface area contributed by atoms with E-state index in [2.05, 4.69) is 26.7 Å². The van der Waals surface area contributed by atoms with Crippen LogP contribution in [0.15, 0.2) is 54.9 Å². The Morgan fingerprint density at radius 3 is 2.81 bits per heavy atom. The molecule has 0 aliphatic carbocycles. The predicted octanol–water partition coefficient (Wildman–Crippen LogP) is 4.31. The summed E-state index contributed by atoms with van der Waals surface area (Å²) >= 11 is 5.98. The number of amides is 1. The van der Waals surface area contributed by atoms with Gasteiger partial charge in [0.25, 0.3) is 5.91 Å². The molecule has 1 heterocycles. The number of benzene rings is 2. The second kappa shape index (κ2) is 7.64. The van der Waals surface area contributed by atoms with Gasteiger partial charge in [0.2, 0.25) is 0 Å². The van der Waals surface area contributed by atoms with E-state index in [0.717, 1.165) is 5.56 Å². The lowest BCUT2D eigenvalue weighted by molar-refractivity contribution is 0.102. The standard InChI is InChI=1S/C19H14ClN5O/c1-12-5-6-14(20)8-16(12)25-19(26)17-9-18(23-11-22-17)24-15-4-2-3-13(7-15)10-21/h2-9,11H,1H3,(H,25,26)(H,22,23,24). The highest BCUT2D eigenvalue weighted by Gasteiger charge is 2.11. The zero-order valence-corrected chi connectivity index (χ0v) is 14.6. The summed E-state index contributed by atoms with van der Waals surface area (Å²) in [4.78, 5) is 20.6. The first-order chi connectivity index (χ1) is 12.5. The van der Waals surface area contributed by atoms with Crippen LogP contribution >= 0.6 is 11.6 Å². The molecule has 3 aromatic rings. The lowest BCUT2D eigenvalue weighted by atomic mass is 10.2. The molecular formula is C19H14ClN5O. The Bertz CT molecular complexity index is 1010. The van der Waals surface area contributed by atoms with E-state index in [-0.39, 0.29) is 11.6 Å². The minimum Gasteiger partial charge on any atom is -0.340 e. The number of aryl methyl sites for hydroxylation is 1. The summed E-state index contributed by atoms with van der Waals surface area (Å²) in [5.74, 6) is 0.0784. The number of nitrogens with one attached hydrogen (secondary N) is 2. The van der Waals surface area contributed by atoms with Crippen LogP contribution in [-0.2, 0) is 0 Å². The van der Waals surface area contributed by atoms with Gasteiger partial charge in [0.15, 0.2) is 0 Å². The van der Waals surface area contributed by atoms with E-state index in [1.807, 2.05) is 13.0 Å². The summed E-state index contributed by atoms with van der Waals surface area (Å²) < 4.78 is 0. The van der Waals surface area contributed by atoms with Gasteiger partial charge in [-0.05, 0) is 42.8 Å². The van der Waals surface area contributed by atoms with Crippen LogP contribution in [0.2, 0.25) is 5.02 Å². The normalized spacial score (nSPS) is 10.0. The number of anilines is 3. The van der Waals surface area contributed by atoms with Gasteiger partial charge >= 0.3 is 0 Å². The number of halogens is 1. The van der Waals surface area contributed by atoms with Crippen LogP contribution in [0.1, 0.15) is 21.6 Å². The molecule has 1 aromatic heterocycles. The number of carbonyl (C=O) groups excluding carboxylic acids is 1. The predicted molar refractivity (Wildman–Crippen MR) is 101 cm³/mol. The van der Waals surface area contributed by atoms with Crippen LogP contribution < -0.4 is 10.6 Å². The van der Waals surface area contributed by atoms with E-state index in [1.165, 1.54) is 12.4 Å². The molecule has 0 saturated carbocycles. The number of aromatic nitrogens is 2. The fourth-order valence-electron chi connectivity index (χ4n) is 2.28. The Morgan fingerprint density at radius 1 is 1.15 bits per heavy atom. The van der Waals surface area contributed by atoms with Gasteiger partial charge in [0, 0.05) is 22.5 Å². The molecule has 0 radical (unpaired) electrons. The third-order valence-electron chi connectivity index (χ3n) is 3.61. The van der Waals surface area contributed by atoms with Gasteiger partial charge in [-0.15, -0.1) is 0 Å². The molecule has 0 aliphatic rings. The van der Waals surface area contributed by atoms with Gasteiger partial charge in [-0.1, -0.05) is 23.7 Å². The van der Waals surface area contributed by atoms with Gasteiger partial charge in [-0.3, -0.25) is 4.79 Å². The van der Waals surface area contributed by atoms with E-state index in [4.69, 9.17) is 16.9 Å². The monoisotopic (exact) mass is 363 g/mol. The lowest BCUT2D eigenvalue weighted by Gasteiger charge is -2.10. The maximum atomic E-state index is 12.5. The smallest absolute Gasteiger partial charge is 0.274 e. The van der Waals surface area contributed by atoms with Crippen molar-refractivity contribution in [2.24, 2.45) is 0 Å². The first-order valence-corrected chi connectivity index (χ1v) is 8.10. The van der Waals surface area contributed by atoms with Gasteiger partial charge in [0.1, 0.15) is 17.8 Å². The Morgan fingerprint density at radius 2 is 2.00 bits per heavy atom. The number of rotatable bonds is 4. The Labute approximate surface area is 155 Å². The van der Waals surface area contributed by atoms with Crippen LogP contribution in [0.25, 0.3) is 0 Å². The van der Waals surface area contributed by atoms with Crippen LogP contribution in [-0.4, -0.2) is 15.9 Å². The molecule has 3 rings (SSSR count). The average molecular weight is 364 g/mol. The summed E-state index contributed by atoms with van der Waals surface area (Å²) in [7, 11) is 0. The zero-order chi connectivity index (χ0) is 18.5. The van der Waals surface area contributed by atoms with Crippen molar-refractivity contribution in [3.05, 3.63) is 76.7 Å². The Balaban J connectivity index is 1.79. The molecule has 1 amide bonds. The maximum absolute atomic E-state index is 12.5. The number of hydrogen-bond donors (Lipinski definition) is 2. The SMILES string of the molecule is Cc1ccc(Cl)cc1NC(=O)c1cc(Nc2cccc(C#N)c2)ncn1. The molecule has 2 N–H and O–H groups in total. The largest absolute Gasteiger partial charge is 0.340 e. The highest BCUT2D eigenvalue weighted by molar-refractivity contribution is 6.31. The quantitative estimate of drug-likeness (QED) is 0.720. The van der Waals surface area contributed by atoms with Crippen LogP contribution in [0, 0.1) is 18.3 Å². The summed E-state index contributed by atoms with van der Waals surface area (Å²) in [6.45, 7) is 1.88. The van der Waals surface area contributed by atoms with Gasteiger partial charge in [-0.25, -0.2) is 9.97 Å². The first kappa shape index (κ1) is 17.4. The third kappa shape index (κ3) is 4.15. The van der Waals surface area contributed by atoms with Crippen LogP contribution in [0.5, 0.6) is 0 Å². The molecule has 26 heavy (non-hydrogen) atoms. The summed E-state index contributed by atoms with van der Waals surface area (Å²) in [6.07, 6.45) is 1.30. The van der Waals surface area contributed by atoms with E-state index in [0.29, 0.717) is 27.8 Å². The maximum Gasteiger partial charge on any atom is 0.274 e. The van der Waals surface area contributed by atoms with E-state index >= 15 is 0 Å². The molecule has 0 atom stereocenters. The minimum atomic E-state index is -0.369. The topological polar surface area (TPSA) is 90.7 Å². The van der Waals surface area contributed by atoms with Crippen molar-refractivity contribution in [1.82, 2.24) is 9.97 Å². The van der Waals surface area contributed by atoms with E-state index in [9.17, 15) is 4.79 Å². The van der Waals surface area contributed by atoms with Gasteiger partial charge < -0.3 is 10.6 Å². The molecule has 2 aromatic carbocycles. The molecule has 0 spiro atoms. The molecular weight excluding hydrogens is 350 g/mol. The summed E-state index contributed by atoms with van der Waals surface area (Å²) in [6, 6.07) is 15.8. The van der Waals surface area contributed by atoms with Crippen molar-refractivity contribution in [3.63, 3.8) is 0 Å². The summed E-state index contributed by atoms with van der Waals surface area (Å²) in [5.41, 5.74) is 2.94. The van der Waals surface area contributed by atoms with Gasteiger partial charge in [0.05, 0.1) is 11.6 Å². The van der Waals surface area contributed by atoms with Crippen molar-refractivity contribution in [3.8, 4) is 6.07 Å². The fraction of sp³-hybridized carbons (Fsp3) is 0.0526. The molecule has 128 valence electrons. The molecule has 0 fully saturated rings. The van der Waals surface area contributed by atoms with Crippen molar-refractivity contribution in [2.45, 2.75) is 6.92 Å². The van der Waals surface area contributed by atoms with Crippen molar-refractivity contribution >= 4 is 34.7 Å². The second-order valence-corrected chi connectivity index (χ2v) is 5.96. The molecule has 0 bridgehead atoms. The second-order valence-electron chi connectivity index (χ2n) is 5.52.